The molecule has 0 aliphatic rings. The molecular formula is C60H55MoN3P4. The zero-order valence-corrected chi connectivity index (χ0v) is 43.9. The van der Waals surface area contributed by atoms with Crippen LogP contribution >= 0.6 is 31.7 Å². The number of nitrogens with zero attached hydrogens (tertiary/aromatic N) is 3. The molecule has 0 N–H and O–H groups in total. The molecule has 0 spiro atoms. The molecule has 0 radical (unpaired) electrons. The van der Waals surface area contributed by atoms with Crippen molar-refractivity contribution in [1.29, 1.82) is 10.8 Å². The zero-order chi connectivity index (χ0) is 46.7. The maximum Gasteiger partial charge on any atom is 0.187 e. The first-order chi connectivity index (χ1) is 33.2. The van der Waals surface area contributed by atoms with Crippen LogP contribution in [0.1, 0.15) is 5.56 Å². The molecule has 0 unspecified atom stereocenters. The molecule has 0 amide bonds. The molecule has 0 fully saturated rings. The number of benzene rings is 9. The first-order valence-corrected chi connectivity index (χ1v) is 28.4. The second kappa shape index (κ2) is 30.6. The van der Waals surface area contributed by atoms with E-state index in [2.05, 4.69) is 247 Å². The van der Waals surface area contributed by atoms with Crippen LogP contribution < -0.4 is 42.4 Å². The first-order valence-electron chi connectivity index (χ1n) is 22.3. The van der Waals surface area contributed by atoms with E-state index in [1.807, 2.05) is 31.2 Å². The van der Waals surface area contributed by atoms with Gasteiger partial charge in [-0.3, -0.25) is 0 Å². The second-order valence-corrected chi connectivity index (χ2v) is 24.6. The molecule has 0 atom stereocenters. The van der Waals surface area contributed by atoms with Gasteiger partial charge < -0.3 is 0 Å². The van der Waals surface area contributed by atoms with E-state index >= 15 is 0 Å². The summed E-state index contributed by atoms with van der Waals surface area (Å²) in [6.07, 6.45) is 4.83. The Balaban J connectivity index is 0.000000206. The summed E-state index contributed by atoms with van der Waals surface area (Å²) >= 11 is 0. The Morgan fingerprint density at radius 1 is 0.294 bits per heavy atom. The molecule has 9 aromatic carbocycles. The Morgan fingerprint density at radius 2 is 0.456 bits per heavy atom. The van der Waals surface area contributed by atoms with Gasteiger partial charge in [-0.1, -0.05) is 272 Å². The Hall–Kier alpha value is -5.70. The summed E-state index contributed by atoms with van der Waals surface area (Å²) < 4.78 is 0. The molecule has 0 bridgehead atoms. The van der Waals surface area contributed by atoms with Crippen molar-refractivity contribution in [3.05, 3.63) is 284 Å². The van der Waals surface area contributed by atoms with Crippen molar-refractivity contribution in [3.8, 4) is 0 Å². The predicted octanol–water partition coefficient (Wildman–Crippen LogP) is 13.1. The molecule has 0 saturated carbocycles. The minimum absolute atomic E-state index is 0. The Kier molecular flexibility index (Phi) is 24.0. The van der Waals surface area contributed by atoms with Crippen LogP contribution in [-0.4, -0.2) is 24.6 Å². The summed E-state index contributed by atoms with van der Waals surface area (Å²) in [6, 6.07) is 95.9. The van der Waals surface area contributed by atoms with Crippen molar-refractivity contribution in [2.45, 2.75) is 6.92 Å². The van der Waals surface area contributed by atoms with Gasteiger partial charge in [-0.2, -0.15) is 0 Å². The average Bonchev–Trinajstić information content (AvgIpc) is 3.42. The average molecular weight is 1040 g/mol. The maximum atomic E-state index is 6.64. The van der Waals surface area contributed by atoms with Crippen LogP contribution in [0.5, 0.6) is 0 Å². The summed E-state index contributed by atoms with van der Waals surface area (Å²) in [6.45, 7) is 8.65. The summed E-state index contributed by atoms with van der Waals surface area (Å²) in [7, 11) is -1.39. The third-order valence-corrected chi connectivity index (χ3v) is 21.6. The summed E-state index contributed by atoms with van der Waals surface area (Å²) in [5.74, 6) is 0. The van der Waals surface area contributed by atoms with Gasteiger partial charge in [-0.15, -0.1) is 0 Å². The van der Waals surface area contributed by atoms with Crippen LogP contribution in [0, 0.1) is 24.3 Å². The van der Waals surface area contributed by atoms with Gasteiger partial charge in [0.2, 0.25) is 0 Å². The van der Waals surface area contributed by atoms with Crippen molar-refractivity contribution in [2.24, 2.45) is 0 Å². The van der Waals surface area contributed by atoms with E-state index in [1.54, 1.807) is 0 Å². The van der Waals surface area contributed by atoms with Crippen LogP contribution in [0.3, 0.4) is 0 Å². The van der Waals surface area contributed by atoms with Crippen molar-refractivity contribution in [1.82, 2.24) is 0 Å². The van der Waals surface area contributed by atoms with E-state index in [1.165, 1.54) is 72.6 Å². The molecule has 336 valence electrons. The molecule has 9 aromatic rings. The van der Waals surface area contributed by atoms with Gasteiger partial charge in [0.25, 0.3) is 0 Å². The molecule has 0 aliphatic heterocycles. The topological polar surface area (TPSA) is 51.9 Å². The van der Waals surface area contributed by atoms with Gasteiger partial charge in [0.1, 0.15) is 0 Å². The van der Waals surface area contributed by atoms with Crippen LogP contribution in [-0.2, 0) is 21.1 Å². The molecule has 0 aromatic heterocycles. The van der Waals surface area contributed by atoms with Crippen molar-refractivity contribution >= 4 is 79.8 Å². The smallest absolute Gasteiger partial charge is 0.187 e. The van der Waals surface area contributed by atoms with Gasteiger partial charge in [0.05, 0.1) is 6.57 Å². The van der Waals surface area contributed by atoms with E-state index in [0.29, 0.717) is 5.69 Å². The minimum Gasteiger partial charge on any atom is -0.238 e. The normalized spacial score (nSPS) is 10.3. The van der Waals surface area contributed by atoms with Crippen LogP contribution in [0.4, 0.5) is 5.69 Å². The Morgan fingerprint density at radius 3 is 0.603 bits per heavy atom. The van der Waals surface area contributed by atoms with Gasteiger partial charge in [0, 0.05) is 31.9 Å². The fourth-order valence-corrected chi connectivity index (χ4v) is 18.2. The van der Waals surface area contributed by atoms with E-state index in [0.717, 1.165) is 0 Å². The van der Waals surface area contributed by atoms with Crippen LogP contribution in [0.25, 0.3) is 4.85 Å². The fourth-order valence-electron chi connectivity index (χ4n) is 7.51. The van der Waals surface area contributed by atoms with Crippen LogP contribution in [0.15, 0.2) is 267 Å². The minimum atomic E-state index is -0.348. The van der Waals surface area contributed by atoms with Crippen LogP contribution in [0.2, 0.25) is 0 Å². The van der Waals surface area contributed by atoms with E-state index in [4.69, 9.17) is 17.4 Å². The molecule has 0 aliphatic carbocycles. The van der Waals surface area contributed by atoms with Gasteiger partial charge in [-0.05, 0) is 106 Å². The SMILES string of the molecule is N#N.[C-]#[N+]c1ccc(C)cc1.[Mo].c1ccc(P(CCP(c2ccccc2)c2ccccc2)c2ccccc2)cc1.c1ccc(P(CCP(c2ccccc2)c2ccccc2)c2ccccc2)cc1. The molecule has 9 rings (SSSR count). The third-order valence-electron chi connectivity index (χ3n) is 10.8. The molecule has 3 nitrogen and oxygen atoms in total. The summed E-state index contributed by atoms with van der Waals surface area (Å²) in [5.41, 5.74) is 1.91. The maximum absolute atomic E-state index is 6.64. The van der Waals surface area contributed by atoms with Crippen molar-refractivity contribution < 1.29 is 21.1 Å². The molecule has 0 heterocycles. The quantitative estimate of drug-likeness (QED) is 0.0472. The summed E-state index contributed by atoms with van der Waals surface area (Å²) in [4.78, 5) is 3.26. The Bertz CT molecular complexity index is 2280. The number of aryl methyl sites for hydroxylation is 1. The molecule has 68 heavy (non-hydrogen) atoms. The van der Waals surface area contributed by atoms with Crippen molar-refractivity contribution in [3.63, 3.8) is 0 Å². The predicted molar refractivity (Wildman–Crippen MR) is 297 cm³/mol. The van der Waals surface area contributed by atoms with Gasteiger partial charge in [0.15, 0.2) is 5.69 Å². The first kappa shape index (κ1) is 53.3. The molecule has 8 heteroatoms. The van der Waals surface area contributed by atoms with Gasteiger partial charge >= 0.3 is 0 Å². The standard InChI is InChI=1S/2C26H24P2.C8H7N.Mo.N2/c2*1-5-13-23(14-6-1)27(24-15-7-2-8-16-24)21-22-28(25-17-9-3-10-18-25)26-19-11-4-12-20-26;1-7-3-5-8(9-2)6-4-7;;1-2/h2*1-20H,21-22H2;3-6H,1H3;;. The van der Waals surface area contributed by atoms with E-state index in [9.17, 15) is 0 Å². The molecular weight excluding hydrogens is 983 g/mol. The van der Waals surface area contributed by atoms with Crippen molar-refractivity contribution in [2.75, 3.05) is 24.6 Å². The number of rotatable bonds is 14. The number of hydrogen-bond acceptors (Lipinski definition) is 2. The van der Waals surface area contributed by atoms with E-state index in [-0.39, 0.29) is 52.8 Å². The Labute approximate surface area is 424 Å². The fraction of sp³-hybridized carbons (Fsp3) is 0.0833. The summed E-state index contributed by atoms with van der Waals surface area (Å²) in [5, 5.41) is 23.8. The largest absolute Gasteiger partial charge is 0.238 e. The third kappa shape index (κ3) is 16.8. The number of hydrogen-bond donors (Lipinski definition) is 0. The monoisotopic (exact) mass is 1040 g/mol. The van der Waals surface area contributed by atoms with Gasteiger partial charge in [-0.25, -0.2) is 4.85 Å². The zero-order valence-electron chi connectivity index (χ0n) is 38.3. The molecule has 0 saturated heterocycles. The van der Waals surface area contributed by atoms with E-state index < -0.39 is 0 Å². The second-order valence-electron chi connectivity index (χ2n) is 15.2.